The lowest BCUT2D eigenvalue weighted by molar-refractivity contribution is 0.102. The largest absolute Gasteiger partial charge is 0.490 e. The highest BCUT2D eigenvalue weighted by Gasteiger charge is 2.16. The maximum Gasteiger partial charge on any atom is 0.255 e. The lowest BCUT2D eigenvalue weighted by atomic mass is 10.0. The van der Waals surface area contributed by atoms with Gasteiger partial charge in [0.1, 0.15) is 5.75 Å². The summed E-state index contributed by atoms with van der Waals surface area (Å²) in [6, 6.07) is 25.4. The van der Waals surface area contributed by atoms with E-state index in [4.69, 9.17) is 4.74 Å². The number of anilines is 1. The van der Waals surface area contributed by atoms with Crippen LogP contribution in [0.2, 0.25) is 0 Å². The molecular weight excluding hydrogens is 334 g/mol. The van der Waals surface area contributed by atoms with E-state index in [0.717, 1.165) is 35.4 Å². The standard InChI is InChI=1S/C24H23NO2/c26-24(20-12-10-19(11-13-20)18-6-2-1-3-7-18)25-21-14-16-23(17-15-21)27-22-8-4-5-9-22/h1-3,6-7,10-17,22H,4-5,8-9H2,(H,25,26). The monoisotopic (exact) mass is 357 g/mol. The summed E-state index contributed by atoms with van der Waals surface area (Å²) in [5, 5.41) is 2.94. The van der Waals surface area contributed by atoms with Crippen LogP contribution in [0, 0.1) is 0 Å². The Hall–Kier alpha value is -3.07. The minimum atomic E-state index is -0.112. The average molecular weight is 357 g/mol. The molecule has 0 unspecified atom stereocenters. The van der Waals surface area contributed by atoms with Crippen molar-refractivity contribution in [2.24, 2.45) is 0 Å². The van der Waals surface area contributed by atoms with E-state index in [9.17, 15) is 4.79 Å². The number of benzene rings is 3. The molecule has 0 radical (unpaired) electrons. The average Bonchev–Trinajstić information content (AvgIpc) is 3.23. The first-order valence-electron chi connectivity index (χ1n) is 9.51. The summed E-state index contributed by atoms with van der Waals surface area (Å²) in [6.45, 7) is 0. The van der Waals surface area contributed by atoms with Gasteiger partial charge in [-0.3, -0.25) is 4.79 Å². The lowest BCUT2D eigenvalue weighted by Crippen LogP contribution is -2.12. The van der Waals surface area contributed by atoms with Gasteiger partial charge in [0.25, 0.3) is 5.91 Å². The van der Waals surface area contributed by atoms with Gasteiger partial charge in [-0.1, -0.05) is 42.5 Å². The summed E-state index contributed by atoms with van der Waals surface area (Å²) in [7, 11) is 0. The summed E-state index contributed by atoms with van der Waals surface area (Å²) in [5.41, 5.74) is 3.65. The third-order valence-electron chi connectivity index (χ3n) is 4.97. The first-order valence-corrected chi connectivity index (χ1v) is 9.51. The highest BCUT2D eigenvalue weighted by Crippen LogP contribution is 2.25. The van der Waals surface area contributed by atoms with Crippen molar-refractivity contribution in [3.63, 3.8) is 0 Å². The van der Waals surface area contributed by atoms with Crippen molar-refractivity contribution in [1.82, 2.24) is 0 Å². The predicted octanol–water partition coefficient (Wildman–Crippen LogP) is 5.93. The molecule has 1 aliphatic carbocycles. The van der Waals surface area contributed by atoms with Gasteiger partial charge >= 0.3 is 0 Å². The van der Waals surface area contributed by atoms with Gasteiger partial charge < -0.3 is 10.1 Å². The summed E-state index contributed by atoms with van der Waals surface area (Å²) in [4.78, 5) is 12.5. The smallest absolute Gasteiger partial charge is 0.255 e. The van der Waals surface area contributed by atoms with Crippen LogP contribution in [0.25, 0.3) is 11.1 Å². The minimum absolute atomic E-state index is 0.112. The van der Waals surface area contributed by atoms with Crippen molar-refractivity contribution in [3.8, 4) is 16.9 Å². The SMILES string of the molecule is O=C(Nc1ccc(OC2CCCC2)cc1)c1ccc(-c2ccccc2)cc1. The number of amides is 1. The Morgan fingerprint density at radius 3 is 2.07 bits per heavy atom. The van der Waals surface area contributed by atoms with Crippen molar-refractivity contribution < 1.29 is 9.53 Å². The van der Waals surface area contributed by atoms with Crippen LogP contribution in [0.3, 0.4) is 0 Å². The van der Waals surface area contributed by atoms with Crippen LogP contribution in [0.1, 0.15) is 36.0 Å². The molecule has 0 spiro atoms. The van der Waals surface area contributed by atoms with Crippen LogP contribution < -0.4 is 10.1 Å². The fraction of sp³-hybridized carbons (Fsp3) is 0.208. The fourth-order valence-corrected chi connectivity index (χ4v) is 3.46. The molecule has 3 aromatic rings. The number of ether oxygens (including phenoxy) is 1. The maximum atomic E-state index is 12.5. The summed E-state index contributed by atoms with van der Waals surface area (Å²) < 4.78 is 5.96. The molecular formula is C24H23NO2. The third-order valence-corrected chi connectivity index (χ3v) is 4.97. The van der Waals surface area contributed by atoms with E-state index in [2.05, 4.69) is 17.4 Å². The molecule has 0 bridgehead atoms. The van der Waals surface area contributed by atoms with E-state index >= 15 is 0 Å². The zero-order valence-corrected chi connectivity index (χ0v) is 15.2. The Kier molecular flexibility index (Phi) is 5.20. The fourth-order valence-electron chi connectivity index (χ4n) is 3.46. The molecule has 1 saturated carbocycles. The molecule has 1 aliphatic rings. The number of nitrogens with one attached hydrogen (secondary N) is 1. The quantitative estimate of drug-likeness (QED) is 0.615. The van der Waals surface area contributed by atoms with Crippen molar-refractivity contribution in [3.05, 3.63) is 84.4 Å². The van der Waals surface area contributed by atoms with Crippen LogP contribution in [0.4, 0.5) is 5.69 Å². The number of hydrogen-bond acceptors (Lipinski definition) is 2. The molecule has 3 nitrogen and oxygen atoms in total. The Labute approximate surface area is 160 Å². The van der Waals surface area contributed by atoms with Gasteiger partial charge in [0.2, 0.25) is 0 Å². The maximum absolute atomic E-state index is 12.5. The topological polar surface area (TPSA) is 38.3 Å². The zero-order valence-electron chi connectivity index (χ0n) is 15.2. The molecule has 1 fully saturated rings. The van der Waals surface area contributed by atoms with Crippen LogP contribution >= 0.6 is 0 Å². The second-order valence-electron chi connectivity index (χ2n) is 6.95. The predicted molar refractivity (Wildman–Crippen MR) is 109 cm³/mol. The molecule has 0 saturated heterocycles. The van der Waals surface area contributed by atoms with Crippen LogP contribution in [0.15, 0.2) is 78.9 Å². The van der Waals surface area contributed by atoms with Crippen molar-refractivity contribution in [2.75, 3.05) is 5.32 Å². The Balaban J connectivity index is 1.38. The molecule has 3 aromatic carbocycles. The Bertz CT molecular complexity index is 880. The normalized spacial score (nSPS) is 14.1. The van der Waals surface area contributed by atoms with Gasteiger partial charge in [-0.05, 0) is 73.2 Å². The second kappa shape index (κ2) is 8.09. The van der Waals surface area contributed by atoms with Crippen LogP contribution in [-0.2, 0) is 0 Å². The molecule has 1 N–H and O–H groups in total. The molecule has 1 amide bonds. The van der Waals surface area contributed by atoms with E-state index in [1.165, 1.54) is 12.8 Å². The number of rotatable bonds is 5. The second-order valence-corrected chi connectivity index (χ2v) is 6.95. The number of carbonyl (C=O) groups excluding carboxylic acids is 1. The van der Waals surface area contributed by atoms with E-state index in [1.54, 1.807) is 0 Å². The van der Waals surface area contributed by atoms with Crippen molar-refractivity contribution in [2.45, 2.75) is 31.8 Å². The van der Waals surface area contributed by atoms with Crippen molar-refractivity contribution in [1.29, 1.82) is 0 Å². The number of hydrogen-bond donors (Lipinski definition) is 1. The van der Waals surface area contributed by atoms with Gasteiger partial charge in [0, 0.05) is 11.3 Å². The third kappa shape index (κ3) is 4.37. The van der Waals surface area contributed by atoms with E-state index in [-0.39, 0.29) is 5.91 Å². The molecule has 0 aliphatic heterocycles. The molecule has 4 rings (SSSR count). The molecule has 0 atom stereocenters. The van der Waals surface area contributed by atoms with E-state index < -0.39 is 0 Å². The first-order chi connectivity index (χ1) is 13.3. The highest BCUT2D eigenvalue weighted by atomic mass is 16.5. The number of carbonyl (C=O) groups is 1. The van der Waals surface area contributed by atoms with Crippen LogP contribution in [-0.4, -0.2) is 12.0 Å². The summed E-state index contributed by atoms with van der Waals surface area (Å²) >= 11 is 0. The van der Waals surface area contributed by atoms with E-state index in [0.29, 0.717) is 11.7 Å². The molecule has 0 heterocycles. The summed E-state index contributed by atoms with van der Waals surface area (Å²) in [5.74, 6) is 0.756. The lowest BCUT2D eigenvalue weighted by Gasteiger charge is -2.13. The zero-order chi connectivity index (χ0) is 18.5. The molecule has 0 aromatic heterocycles. The van der Waals surface area contributed by atoms with Gasteiger partial charge in [-0.25, -0.2) is 0 Å². The minimum Gasteiger partial charge on any atom is -0.490 e. The van der Waals surface area contributed by atoms with Gasteiger partial charge in [0.15, 0.2) is 0 Å². The van der Waals surface area contributed by atoms with E-state index in [1.807, 2.05) is 66.7 Å². The molecule has 3 heteroatoms. The Morgan fingerprint density at radius 1 is 0.778 bits per heavy atom. The highest BCUT2D eigenvalue weighted by molar-refractivity contribution is 6.04. The van der Waals surface area contributed by atoms with Crippen molar-refractivity contribution >= 4 is 11.6 Å². The van der Waals surface area contributed by atoms with Gasteiger partial charge in [-0.15, -0.1) is 0 Å². The Morgan fingerprint density at radius 2 is 1.41 bits per heavy atom. The van der Waals surface area contributed by atoms with Crippen LogP contribution in [0.5, 0.6) is 5.75 Å². The first kappa shape index (κ1) is 17.3. The van der Waals surface area contributed by atoms with Gasteiger partial charge in [-0.2, -0.15) is 0 Å². The van der Waals surface area contributed by atoms with Gasteiger partial charge in [0.05, 0.1) is 6.10 Å². The molecule has 136 valence electrons. The summed E-state index contributed by atoms with van der Waals surface area (Å²) in [6.07, 6.45) is 5.12. The molecule has 27 heavy (non-hydrogen) atoms.